The van der Waals surface area contributed by atoms with Crippen molar-refractivity contribution in [1.29, 1.82) is 0 Å². The molecular weight excluding hydrogens is 324 g/mol. The summed E-state index contributed by atoms with van der Waals surface area (Å²) in [7, 11) is 0. The van der Waals surface area contributed by atoms with Crippen LogP contribution < -0.4 is 5.32 Å². The monoisotopic (exact) mass is 354 g/mol. The third-order valence-corrected chi connectivity index (χ3v) is 8.14. The highest BCUT2D eigenvalue weighted by Crippen LogP contribution is 2.61. The molecule has 1 aliphatic heterocycles. The summed E-state index contributed by atoms with van der Waals surface area (Å²) < 4.78 is 0. The highest BCUT2D eigenvalue weighted by molar-refractivity contribution is 7.80. The number of thiocarbonyl (C=S) groups is 1. The molecule has 0 spiro atoms. The van der Waals surface area contributed by atoms with Crippen LogP contribution in [0.15, 0.2) is 24.3 Å². The first-order chi connectivity index (χ1) is 12.1. The fourth-order valence-corrected chi connectivity index (χ4v) is 7.14. The molecule has 0 saturated heterocycles. The molecule has 1 aromatic carbocycles. The SMILES string of the molecule is C[C@@H](NC(=S)N1CCc2ccccc2C1)C12CC3CC(CC(C3)C1)C2. The van der Waals surface area contributed by atoms with Crippen LogP contribution >= 0.6 is 12.2 Å². The molecule has 25 heavy (non-hydrogen) atoms. The van der Waals surface area contributed by atoms with Gasteiger partial charge in [-0.2, -0.15) is 0 Å². The molecule has 4 bridgehead atoms. The maximum atomic E-state index is 5.85. The van der Waals surface area contributed by atoms with Gasteiger partial charge in [0.05, 0.1) is 0 Å². The molecule has 134 valence electrons. The predicted molar refractivity (Wildman–Crippen MR) is 106 cm³/mol. The second-order valence-electron chi connectivity index (χ2n) is 9.39. The lowest BCUT2D eigenvalue weighted by Gasteiger charge is -2.59. The zero-order chi connectivity index (χ0) is 17.0. The molecule has 0 amide bonds. The van der Waals surface area contributed by atoms with E-state index in [1.54, 1.807) is 0 Å². The summed E-state index contributed by atoms with van der Waals surface area (Å²) in [5, 5.41) is 4.78. The molecule has 4 saturated carbocycles. The Morgan fingerprint density at radius 1 is 1.08 bits per heavy atom. The lowest BCUT2D eigenvalue weighted by Crippen LogP contribution is -2.57. The highest BCUT2D eigenvalue weighted by Gasteiger charge is 2.53. The van der Waals surface area contributed by atoms with E-state index in [2.05, 4.69) is 41.4 Å². The third-order valence-electron chi connectivity index (χ3n) is 7.76. The number of benzene rings is 1. The average Bonchev–Trinajstić information content (AvgIpc) is 2.60. The minimum atomic E-state index is 0.519. The van der Waals surface area contributed by atoms with Crippen molar-refractivity contribution in [3.8, 4) is 0 Å². The molecule has 6 rings (SSSR count). The van der Waals surface area contributed by atoms with Gasteiger partial charge in [-0.3, -0.25) is 0 Å². The molecule has 1 heterocycles. The Balaban J connectivity index is 1.27. The van der Waals surface area contributed by atoms with Crippen molar-refractivity contribution in [2.45, 2.75) is 64.5 Å². The van der Waals surface area contributed by atoms with E-state index in [0.29, 0.717) is 11.5 Å². The van der Waals surface area contributed by atoms with E-state index in [1.165, 1.54) is 49.7 Å². The van der Waals surface area contributed by atoms with Crippen molar-refractivity contribution in [2.75, 3.05) is 6.54 Å². The van der Waals surface area contributed by atoms with Crippen molar-refractivity contribution in [3.63, 3.8) is 0 Å². The third kappa shape index (κ3) is 2.79. The van der Waals surface area contributed by atoms with Gasteiger partial charge in [0.25, 0.3) is 0 Å². The Bertz CT molecular complexity index is 647. The molecule has 4 aliphatic carbocycles. The number of hydrogen-bond acceptors (Lipinski definition) is 1. The zero-order valence-electron chi connectivity index (χ0n) is 15.3. The van der Waals surface area contributed by atoms with Crippen molar-refractivity contribution in [3.05, 3.63) is 35.4 Å². The van der Waals surface area contributed by atoms with E-state index in [1.807, 2.05) is 0 Å². The van der Waals surface area contributed by atoms with E-state index < -0.39 is 0 Å². The molecule has 4 fully saturated rings. The molecule has 2 nitrogen and oxygen atoms in total. The van der Waals surface area contributed by atoms with Gasteiger partial charge < -0.3 is 10.2 Å². The summed E-state index contributed by atoms with van der Waals surface area (Å²) in [5.74, 6) is 3.02. The van der Waals surface area contributed by atoms with Crippen LogP contribution in [-0.4, -0.2) is 22.6 Å². The van der Waals surface area contributed by atoms with Gasteiger partial charge in [-0.1, -0.05) is 24.3 Å². The smallest absolute Gasteiger partial charge is 0.169 e. The Kier molecular flexibility index (Phi) is 3.85. The first-order valence-electron chi connectivity index (χ1n) is 10.2. The van der Waals surface area contributed by atoms with Gasteiger partial charge in [-0.15, -0.1) is 0 Å². The van der Waals surface area contributed by atoms with Gasteiger partial charge in [0, 0.05) is 19.1 Å². The summed E-state index contributed by atoms with van der Waals surface area (Å²) in [5.41, 5.74) is 3.46. The predicted octanol–water partition coefficient (Wildman–Crippen LogP) is 4.52. The largest absolute Gasteiger partial charge is 0.360 e. The maximum Gasteiger partial charge on any atom is 0.169 e. The molecule has 5 aliphatic rings. The minimum Gasteiger partial charge on any atom is -0.360 e. The van der Waals surface area contributed by atoms with Crippen molar-refractivity contribution in [2.24, 2.45) is 23.2 Å². The van der Waals surface area contributed by atoms with Gasteiger partial charge in [-0.25, -0.2) is 0 Å². The van der Waals surface area contributed by atoms with Crippen molar-refractivity contribution < 1.29 is 0 Å². The standard InChI is InChI=1S/C22H30N2S/c1-15(22-11-16-8-17(12-22)10-18(9-16)13-22)23-21(25)24-7-6-19-4-2-3-5-20(19)14-24/h2-5,15-18H,6-14H2,1H3,(H,23,25)/t15-,16?,17?,18?,22?/m1/s1. The Labute approximate surface area is 157 Å². The Morgan fingerprint density at radius 3 is 2.32 bits per heavy atom. The lowest BCUT2D eigenvalue weighted by atomic mass is 9.48. The van der Waals surface area contributed by atoms with E-state index in [0.717, 1.165) is 42.4 Å². The van der Waals surface area contributed by atoms with Crippen LogP contribution in [-0.2, 0) is 13.0 Å². The lowest BCUT2D eigenvalue weighted by molar-refractivity contribution is -0.0675. The van der Waals surface area contributed by atoms with Gasteiger partial charge in [0.1, 0.15) is 0 Å². The first kappa shape index (κ1) is 16.1. The topological polar surface area (TPSA) is 15.3 Å². The number of nitrogens with zero attached hydrogens (tertiary/aromatic N) is 1. The summed E-state index contributed by atoms with van der Waals surface area (Å²) in [6, 6.07) is 9.34. The number of rotatable bonds is 2. The Morgan fingerprint density at radius 2 is 1.68 bits per heavy atom. The van der Waals surface area contributed by atoms with Crippen LogP contribution in [0.2, 0.25) is 0 Å². The highest BCUT2D eigenvalue weighted by atomic mass is 32.1. The number of nitrogens with one attached hydrogen (secondary N) is 1. The summed E-state index contributed by atoms with van der Waals surface area (Å²) >= 11 is 5.85. The van der Waals surface area contributed by atoms with Crippen LogP contribution in [0.1, 0.15) is 56.6 Å². The van der Waals surface area contributed by atoms with E-state index in [9.17, 15) is 0 Å². The van der Waals surface area contributed by atoms with Crippen LogP contribution in [0.3, 0.4) is 0 Å². The summed E-state index contributed by atoms with van der Waals surface area (Å²) in [4.78, 5) is 2.38. The van der Waals surface area contributed by atoms with E-state index in [4.69, 9.17) is 12.2 Å². The maximum absolute atomic E-state index is 5.85. The summed E-state index contributed by atoms with van der Waals surface area (Å²) in [6.07, 6.45) is 9.98. The number of fused-ring (bicyclic) bond motifs is 1. The molecule has 0 unspecified atom stereocenters. The van der Waals surface area contributed by atoms with Crippen LogP contribution in [0.5, 0.6) is 0 Å². The van der Waals surface area contributed by atoms with Gasteiger partial charge in [-0.05, 0) is 98.4 Å². The Hall–Kier alpha value is -1.09. The normalized spacial score (nSPS) is 36.8. The quantitative estimate of drug-likeness (QED) is 0.786. The van der Waals surface area contributed by atoms with E-state index >= 15 is 0 Å². The van der Waals surface area contributed by atoms with Gasteiger partial charge in [0.15, 0.2) is 5.11 Å². The average molecular weight is 355 g/mol. The van der Waals surface area contributed by atoms with Gasteiger partial charge >= 0.3 is 0 Å². The fourth-order valence-electron chi connectivity index (χ4n) is 6.81. The van der Waals surface area contributed by atoms with Gasteiger partial charge in [0.2, 0.25) is 0 Å². The first-order valence-corrected chi connectivity index (χ1v) is 10.6. The van der Waals surface area contributed by atoms with Crippen LogP contribution in [0.25, 0.3) is 0 Å². The second-order valence-corrected chi connectivity index (χ2v) is 9.78. The molecule has 1 aromatic rings. The molecule has 1 atom stereocenters. The molecule has 0 radical (unpaired) electrons. The second kappa shape index (κ2) is 5.97. The van der Waals surface area contributed by atoms with Crippen LogP contribution in [0.4, 0.5) is 0 Å². The number of hydrogen-bond donors (Lipinski definition) is 1. The molecule has 3 heteroatoms. The molecular formula is C22H30N2S. The van der Waals surface area contributed by atoms with Crippen LogP contribution in [0, 0.1) is 23.2 Å². The minimum absolute atomic E-state index is 0.519. The molecule has 0 aromatic heterocycles. The fraction of sp³-hybridized carbons (Fsp3) is 0.682. The van der Waals surface area contributed by atoms with Crippen molar-refractivity contribution >= 4 is 17.3 Å². The molecule has 1 N–H and O–H groups in total. The zero-order valence-corrected chi connectivity index (χ0v) is 16.2. The van der Waals surface area contributed by atoms with E-state index in [-0.39, 0.29) is 0 Å². The van der Waals surface area contributed by atoms with Crippen molar-refractivity contribution in [1.82, 2.24) is 10.2 Å². The summed E-state index contributed by atoms with van der Waals surface area (Å²) in [6.45, 7) is 4.43.